The van der Waals surface area contributed by atoms with Gasteiger partial charge in [0.2, 0.25) is 0 Å². The van der Waals surface area contributed by atoms with E-state index in [4.69, 9.17) is 0 Å². The van der Waals surface area contributed by atoms with Gasteiger partial charge >= 0.3 is 0 Å². The minimum Gasteiger partial charge on any atom is -0.352 e. The molecule has 0 spiro atoms. The van der Waals surface area contributed by atoms with E-state index in [1.165, 1.54) is 35.0 Å². The van der Waals surface area contributed by atoms with Gasteiger partial charge in [-0.05, 0) is 80.6 Å². The fraction of sp³-hybridized carbons (Fsp3) is 0.222. The van der Waals surface area contributed by atoms with Gasteiger partial charge in [-0.15, -0.1) is 5.10 Å². The average Bonchev–Trinajstić information content (AvgIpc) is 3.22. The molecule has 178 valence electrons. The maximum Gasteiger partial charge on any atom is 0.271 e. The van der Waals surface area contributed by atoms with Crippen molar-refractivity contribution >= 4 is 11.7 Å². The minimum atomic E-state index is -0.372. The lowest BCUT2D eigenvalue weighted by Gasteiger charge is -2.35. The summed E-state index contributed by atoms with van der Waals surface area (Å²) in [5.74, 6) is 0.271. The van der Waals surface area contributed by atoms with Crippen LogP contribution in [0.1, 0.15) is 21.7 Å². The summed E-state index contributed by atoms with van der Waals surface area (Å²) in [6.45, 7) is 6.42. The van der Waals surface area contributed by atoms with Crippen molar-refractivity contribution in [3.05, 3.63) is 106 Å². The largest absolute Gasteiger partial charge is 0.352 e. The molecule has 0 radical (unpaired) electrons. The van der Waals surface area contributed by atoms with Gasteiger partial charge < -0.3 is 14.4 Å². The Morgan fingerprint density at radius 2 is 1.37 bits per heavy atom. The zero-order valence-corrected chi connectivity index (χ0v) is 19.7. The fourth-order valence-corrected chi connectivity index (χ4v) is 4.49. The zero-order valence-electron chi connectivity index (χ0n) is 19.7. The summed E-state index contributed by atoms with van der Waals surface area (Å²) in [5.41, 5.74) is 4.21. The number of carbonyl (C=O) groups is 1. The Labute approximate surface area is 202 Å². The molecule has 0 N–H and O–H groups in total. The number of rotatable bonds is 4. The molecule has 8 heteroatoms. The SMILES string of the molecule is Cc1ccc(C)n1-c1ccc(C(=O)N2CCN(c3ccc(=O)n(-c4ccc(F)cc4)n3)CC2)cc1. The van der Waals surface area contributed by atoms with Crippen LogP contribution in [0.5, 0.6) is 0 Å². The molecule has 0 aliphatic carbocycles. The molecule has 1 aliphatic heterocycles. The molecule has 0 atom stereocenters. The third kappa shape index (κ3) is 4.47. The summed E-state index contributed by atoms with van der Waals surface area (Å²) in [6, 6.07) is 20.7. The van der Waals surface area contributed by atoms with Crippen LogP contribution in [0.4, 0.5) is 10.2 Å². The maximum atomic E-state index is 13.3. The highest BCUT2D eigenvalue weighted by atomic mass is 19.1. The van der Waals surface area contributed by atoms with Crippen molar-refractivity contribution in [2.45, 2.75) is 13.8 Å². The van der Waals surface area contributed by atoms with Crippen molar-refractivity contribution in [1.82, 2.24) is 19.2 Å². The molecule has 35 heavy (non-hydrogen) atoms. The van der Waals surface area contributed by atoms with Crippen molar-refractivity contribution in [1.29, 1.82) is 0 Å². The van der Waals surface area contributed by atoms with Crippen LogP contribution in [0.25, 0.3) is 11.4 Å². The Hall–Kier alpha value is -4.20. The number of hydrogen-bond acceptors (Lipinski definition) is 4. The molecule has 4 aromatic rings. The molecule has 3 heterocycles. The Bertz CT molecular complexity index is 1400. The van der Waals surface area contributed by atoms with Crippen molar-refractivity contribution in [2.75, 3.05) is 31.1 Å². The highest BCUT2D eigenvalue weighted by Crippen LogP contribution is 2.19. The van der Waals surface area contributed by atoms with Gasteiger partial charge in [-0.1, -0.05) is 0 Å². The number of aryl methyl sites for hydroxylation is 2. The molecule has 2 aromatic heterocycles. The number of benzene rings is 2. The quantitative estimate of drug-likeness (QED) is 0.455. The highest BCUT2D eigenvalue weighted by molar-refractivity contribution is 5.94. The van der Waals surface area contributed by atoms with Gasteiger partial charge in [0.25, 0.3) is 11.5 Å². The lowest BCUT2D eigenvalue weighted by atomic mass is 10.1. The molecular formula is C27H26FN5O2. The number of amides is 1. The first-order valence-electron chi connectivity index (χ1n) is 11.6. The normalized spacial score (nSPS) is 13.8. The molecule has 2 aromatic carbocycles. The average molecular weight is 472 g/mol. The third-order valence-electron chi connectivity index (χ3n) is 6.39. The smallest absolute Gasteiger partial charge is 0.271 e. The molecule has 1 fully saturated rings. The first kappa shape index (κ1) is 22.6. The standard InChI is InChI=1S/C27H26FN5O2/c1-19-3-4-20(2)32(19)23-9-5-21(6-10-23)27(35)31-17-15-30(16-18-31)25-13-14-26(34)33(29-25)24-11-7-22(28)8-12-24/h3-14H,15-18H2,1-2H3. The second kappa shape index (κ2) is 9.21. The van der Waals surface area contributed by atoms with Crippen LogP contribution in [-0.2, 0) is 0 Å². The van der Waals surface area contributed by atoms with Crippen LogP contribution in [0.3, 0.4) is 0 Å². The van der Waals surface area contributed by atoms with E-state index in [9.17, 15) is 14.0 Å². The predicted molar refractivity (Wildman–Crippen MR) is 133 cm³/mol. The molecule has 0 unspecified atom stereocenters. The van der Waals surface area contributed by atoms with Crippen LogP contribution < -0.4 is 10.5 Å². The molecule has 7 nitrogen and oxygen atoms in total. The summed E-state index contributed by atoms with van der Waals surface area (Å²) >= 11 is 0. The zero-order chi connectivity index (χ0) is 24.5. The number of aromatic nitrogens is 3. The summed E-state index contributed by atoms with van der Waals surface area (Å²) < 4.78 is 16.7. The van der Waals surface area contributed by atoms with Gasteiger partial charge in [0.15, 0.2) is 0 Å². The third-order valence-corrected chi connectivity index (χ3v) is 6.39. The number of piperazine rings is 1. The summed E-state index contributed by atoms with van der Waals surface area (Å²) in [5, 5.41) is 4.47. The van der Waals surface area contributed by atoms with Crippen LogP contribution >= 0.6 is 0 Å². The van der Waals surface area contributed by atoms with E-state index in [2.05, 4.69) is 35.6 Å². The lowest BCUT2D eigenvalue weighted by molar-refractivity contribution is 0.0746. The first-order valence-corrected chi connectivity index (χ1v) is 11.6. The lowest BCUT2D eigenvalue weighted by Crippen LogP contribution is -2.49. The van der Waals surface area contributed by atoms with Crippen LogP contribution in [0.15, 0.2) is 77.6 Å². The van der Waals surface area contributed by atoms with Crippen LogP contribution in [0, 0.1) is 19.7 Å². The van der Waals surface area contributed by atoms with Gasteiger partial charge in [0.1, 0.15) is 11.6 Å². The Morgan fingerprint density at radius 3 is 2.00 bits per heavy atom. The first-order chi connectivity index (χ1) is 16.9. The van der Waals surface area contributed by atoms with Gasteiger partial charge in [-0.2, -0.15) is 4.68 Å². The Kier molecular flexibility index (Phi) is 5.94. The van der Waals surface area contributed by atoms with Crippen molar-refractivity contribution in [3.8, 4) is 11.4 Å². The summed E-state index contributed by atoms with van der Waals surface area (Å²) in [4.78, 5) is 29.3. The van der Waals surface area contributed by atoms with Crippen LogP contribution in [0.2, 0.25) is 0 Å². The Balaban J connectivity index is 1.27. The topological polar surface area (TPSA) is 63.4 Å². The molecule has 1 saturated heterocycles. The monoisotopic (exact) mass is 471 g/mol. The number of halogens is 1. The van der Waals surface area contributed by atoms with E-state index in [1.54, 1.807) is 6.07 Å². The van der Waals surface area contributed by atoms with Crippen molar-refractivity contribution < 1.29 is 9.18 Å². The molecule has 5 rings (SSSR count). The van der Waals surface area contributed by atoms with E-state index >= 15 is 0 Å². The molecule has 1 aliphatic rings. The minimum absolute atomic E-state index is 0.00129. The summed E-state index contributed by atoms with van der Waals surface area (Å²) in [6.07, 6.45) is 0. The Morgan fingerprint density at radius 1 is 0.771 bits per heavy atom. The van der Waals surface area contributed by atoms with E-state index in [0.717, 1.165) is 17.1 Å². The number of carbonyl (C=O) groups excluding carboxylic acids is 1. The van der Waals surface area contributed by atoms with E-state index in [-0.39, 0.29) is 17.3 Å². The van der Waals surface area contributed by atoms with Crippen molar-refractivity contribution in [3.63, 3.8) is 0 Å². The molecule has 0 saturated carbocycles. The van der Waals surface area contributed by atoms with E-state index < -0.39 is 0 Å². The van der Waals surface area contributed by atoms with E-state index in [0.29, 0.717) is 43.2 Å². The second-order valence-corrected chi connectivity index (χ2v) is 8.70. The molecule has 1 amide bonds. The number of nitrogens with zero attached hydrogens (tertiary/aromatic N) is 5. The maximum absolute atomic E-state index is 13.3. The van der Waals surface area contributed by atoms with Gasteiger partial charge in [0.05, 0.1) is 5.69 Å². The number of anilines is 1. The van der Waals surface area contributed by atoms with Gasteiger partial charge in [0, 0.05) is 54.9 Å². The van der Waals surface area contributed by atoms with Gasteiger partial charge in [-0.25, -0.2) is 4.39 Å². The highest BCUT2D eigenvalue weighted by Gasteiger charge is 2.23. The van der Waals surface area contributed by atoms with Gasteiger partial charge in [-0.3, -0.25) is 9.59 Å². The molecular weight excluding hydrogens is 445 g/mol. The fourth-order valence-electron chi connectivity index (χ4n) is 4.49. The molecule has 0 bridgehead atoms. The van der Waals surface area contributed by atoms with Crippen LogP contribution in [-0.4, -0.2) is 51.3 Å². The number of hydrogen-bond donors (Lipinski definition) is 0. The second-order valence-electron chi connectivity index (χ2n) is 8.70. The predicted octanol–water partition coefficient (Wildman–Crippen LogP) is 3.74. The summed E-state index contributed by atoms with van der Waals surface area (Å²) in [7, 11) is 0. The van der Waals surface area contributed by atoms with E-state index in [1.807, 2.05) is 34.1 Å². The van der Waals surface area contributed by atoms with Crippen molar-refractivity contribution in [2.24, 2.45) is 0 Å².